The summed E-state index contributed by atoms with van der Waals surface area (Å²) in [5.74, 6) is 0.177. The minimum absolute atomic E-state index is 0.130. The van der Waals surface area contributed by atoms with E-state index in [1.807, 2.05) is 56.3 Å². The van der Waals surface area contributed by atoms with Crippen LogP contribution in [-0.4, -0.2) is 36.4 Å². The molecule has 0 radical (unpaired) electrons. The summed E-state index contributed by atoms with van der Waals surface area (Å²) >= 11 is 3.52. The van der Waals surface area contributed by atoms with Gasteiger partial charge in [-0.2, -0.15) is 0 Å². The van der Waals surface area contributed by atoms with Crippen molar-refractivity contribution >= 4 is 27.7 Å². The summed E-state index contributed by atoms with van der Waals surface area (Å²) < 4.78 is 6.75. The highest BCUT2D eigenvalue weighted by Gasteiger charge is 2.25. The summed E-state index contributed by atoms with van der Waals surface area (Å²) in [6.07, 6.45) is 0. The molecule has 5 nitrogen and oxygen atoms in total. The number of aryl methyl sites for hydroxylation is 2. The zero-order chi connectivity index (χ0) is 20.0. The van der Waals surface area contributed by atoms with Crippen LogP contribution in [0.5, 0.6) is 5.75 Å². The van der Waals surface area contributed by atoms with Crippen LogP contribution in [0.15, 0.2) is 46.9 Å². The molecule has 2 aromatic carbocycles. The number of carbonyl (C=O) groups is 2. The van der Waals surface area contributed by atoms with E-state index >= 15 is 0 Å². The number of rotatable bonds is 7. The van der Waals surface area contributed by atoms with Crippen molar-refractivity contribution in [1.82, 2.24) is 10.2 Å². The van der Waals surface area contributed by atoms with Crippen molar-refractivity contribution in [2.45, 2.75) is 33.4 Å². The lowest BCUT2D eigenvalue weighted by Crippen LogP contribution is -2.48. The van der Waals surface area contributed by atoms with Crippen LogP contribution >= 0.6 is 15.9 Å². The van der Waals surface area contributed by atoms with Gasteiger partial charge >= 0.3 is 0 Å². The van der Waals surface area contributed by atoms with E-state index in [9.17, 15) is 9.59 Å². The highest BCUT2D eigenvalue weighted by molar-refractivity contribution is 9.10. The minimum atomic E-state index is -0.598. The van der Waals surface area contributed by atoms with Gasteiger partial charge < -0.3 is 15.0 Å². The SMILES string of the molecule is CNC(=O)C(C)N(Cc1ccccc1)C(=O)COc1cc(C)c(Br)c(C)c1. The Kier molecular flexibility index (Phi) is 7.42. The highest BCUT2D eigenvalue weighted by atomic mass is 79.9. The molecule has 1 atom stereocenters. The van der Waals surface area contributed by atoms with Gasteiger partial charge in [0.1, 0.15) is 11.8 Å². The molecular formula is C21H25BrN2O3. The predicted molar refractivity (Wildman–Crippen MR) is 110 cm³/mol. The molecule has 0 aliphatic heterocycles. The van der Waals surface area contributed by atoms with E-state index in [0.717, 1.165) is 21.2 Å². The first kappa shape index (κ1) is 21.0. The number of ether oxygens (including phenoxy) is 1. The third-order valence-corrected chi connectivity index (χ3v) is 5.63. The molecule has 27 heavy (non-hydrogen) atoms. The van der Waals surface area contributed by atoms with Gasteiger partial charge in [0.25, 0.3) is 5.91 Å². The maximum absolute atomic E-state index is 12.8. The molecule has 1 N–H and O–H groups in total. The van der Waals surface area contributed by atoms with Crippen molar-refractivity contribution < 1.29 is 14.3 Å². The van der Waals surface area contributed by atoms with E-state index in [2.05, 4.69) is 21.2 Å². The van der Waals surface area contributed by atoms with Crippen molar-refractivity contribution in [2.75, 3.05) is 13.7 Å². The average Bonchev–Trinajstić information content (AvgIpc) is 2.67. The Morgan fingerprint density at radius 1 is 1.15 bits per heavy atom. The van der Waals surface area contributed by atoms with Crippen LogP contribution in [0, 0.1) is 13.8 Å². The predicted octanol–water partition coefficient (Wildman–Crippen LogP) is 3.61. The summed E-state index contributed by atoms with van der Waals surface area (Å²) in [4.78, 5) is 26.5. The average molecular weight is 433 g/mol. The topological polar surface area (TPSA) is 58.6 Å². The molecule has 0 aromatic heterocycles. The summed E-state index contributed by atoms with van der Waals surface area (Å²) in [6.45, 7) is 5.88. The van der Waals surface area contributed by atoms with Crippen LogP contribution in [0.3, 0.4) is 0 Å². The number of carbonyl (C=O) groups excluding carboxylic acids is 2. The van der Waals surface area contributed by atoms with Crippen molar-refractivity contribution in [3.05, 3.63) is 63.6 Å². The van der Waals surface area contributed by atoms with E-state index < -0.39 is 6.04 Å². The van der Waals surface area contributed by atoms with Crippen LogP contribution in [0.1, 0.15) is 23.6 Å². The number of halogens is 1. The van der Waals surface area contributed by atoms with Gasteiger partial charge in [-0.05, 0) is 49.6 Å². The molecule has 144 valence electrons. The Labute approximate surface area is 168 Å². The van der Waals surface area contributed by atoms with Gasteiger partial charge in [-0.1, -0.05) is 46.3 Å². The zero-order valence-electron chi connectivity index (χ0n) is 16.1. The Bertz CT molecular complexity index is 785. The lowest BCUT2D eigenvalue weighted by Gasteiger charge is -2.28. The standard InChI is InChI=1S/C21H25BrN2O3/c1-14-10-18(11-15(2)20(14)22)27-13-19(25)24(16(3)21(26)23-4)12-17-8-6-5-7-9-17/h5-11,16H,12-13H2,1-4H3,(H,23,26). The van der Waals surface area contributed by atoms with E-state index in [-0.39, 0.29) is 18.4 Å². The fourth-order valence-electron chi connectivity index (χ4n) is 2.79. The van der Waals surface area contributed by atoms with Gasteiger partial charge in [0.05, 0.1) is 0 Å². The first-order chi connectivity index (χ1) is 12.8. The van der Waals surface area contributed by atoms with Crippen molar-refractivity contribution in [3.63, 3.8) is 0 Å². The molecule has 2 amide bonds. The molecule has 0 saturated carbocycles. The number of nitrogens with zero attached hydrogens (tertiary/aromatic N) is 1. The second-order valence-corrected chi connectivity index (χ2v) is 7.25. The van der Waals surface area contributed by atoms with Gasteiger partial charge in [0.2, 0.25) is 5.91 Å². The molecule has 1 unspecified atom stereocenters. The zero-order valence-corrected chi connectivity index (χ0v) is 17.7. The third kappa shape index (κ3) is 5.57. The monoisotopic (exact) mass is 432 g/mol. The Hall–Kier alpha value is -2.34. The molecule has 0 aliphatic carbocycles. The summed E-state index contributed by atoms with van der Waals surface area (Å²) in [5, 5.41) is 2.60. The number of hydrogen-bond acceptors (Lipinski definition) is 3. The molecule has 2 aromatic rings. The number of likely N-dealkylation sites (N-methyl/N-ethyl adjacent to an activating group) is 1. The van der Waals surface area contributed by atoms with Crippen LogP contribution in [-0.2, 0) is 16.1 Å². The largest absolute Gasteiger partial charge is 0.484 e. The second kappa shape index (κ2) is 9.55. The van der Waals surface area contributed by atoms with Crippen molar-refractivity contribution in [3.8, 4) is 5.75 Å². The van der Waals surface area contributed by atoms with Gasteiger partial charge in [0, 0.05) is 18.1 Å². The summed E-state index contributed by atoms with van der Waals surface area (Å²) in [5.41, 5.74) is 3.03. The molecule has 0 saturated heterocycles. The first-order valence-corrected chi connectivity index (χ1v) is 9.57. The van der Waals surface area contributed by atoms with Crippen LogP contribution in [0.25, 0.3) is 0 Å². The second-order valence-electron chi connectivity index (χ2n) is 6.46. The van der Waals surface area contributed by atoms with Crippen molar-refractivity contribution in [1.29, 1.82) is 0 Å². The Morgan fingerprint density at radius 3 is 2.30 bits per heavy atom. The van der Waals surface area contributed by atoms with Gasteiger partial charge in [-0.3, -0.25) is 9.59 Å². The first-order valence-electron chi connectivity index (χ1n) is 8.78. The summed E-state index contributed by atoms with van der Waals surface area (Å²) in [6, 6.07) is 12.8. The maximum atomic E-state index is 12.8. The lowest BCUT2D eigenvalue weighted by molar-refractivity contribution is -0.142. The number of nitrogens with one attached hydrogen (secondary N) is 1. The van der Waals surface area contributed by atoms with E-state index in [4.69, 9.17) is 4.74 Å². The molecule has 0 spiro atoms. The normalized spacial score (nSPS) is 11.6. The summed E-state index contributed by atoms with van der Waals surface area (Å²) in [7, 11) is 1.56. The van der Waals surface area contributed by atoms with Gasteiger partial charge in [0.15, 0.2) is 6.61 Å². The molecule has 0 fully saturated rings. The van der Waals surface area contributed by atoms with E-state index in [0.29, 0.717) is 12.3 Å². The molecule has 0 heterocycles. The highest BCUT2D eigenvalue weighted by Crippen LogP contribution is 2.26. The Morgan fingerprint density at radius 2 is 1.74 bits per heavy atom. The molecule has 2 rings (SSSR count). The molecular weight excluding hydrogens is 408 g/mol. The van der Waals surface area contributed by atoms with Crippen molar-refractivity contribution in [2.24, 2.45) is 0 Å². The Balaban J connectivity index is 2.14. The fraction of sp³-hybridized carbons (Fsp3) is 0.333. The molecule has 0 bridgehead atoms. The van der Waals surface area contributed by atoms with E-state index in [1.54, 1.807) is 14.0 Å². The minimum Gasteiger partial charge on any atom is -0.484 e. The lowest BCUT2D eigenvalue weighted by atomic mass is 10.1. The van der Waals surface area contributed by atoms with Crippen LogP contribution in [0.4, 0.5) is 0 Å². The number of hydrogen-bond donors (Lipinski definition) is 1. The molecule has 0 aliphatic rings. The number of benzene rings is 2. The maximum Gasteiger partial charge on any atom is 0.261 e. The van der Waals surface area contributed by atoms with Gasteiger partial charge in [-0.25, -0.2) is 0 Å². The number of amides is 2. The van der Waals surface area contributed by atoms with Gasteiger partial charge in [-0.15, -0.1) is 0 Å². The third-order valence-electron chi connectivity index (χ3n) is 4.38. The quantitative estimate of drug-likeness (QED) is 0.726. The fourth-order valence-corrected chi connectivity index (χ4v) is 3.02. The smallest absolute Gasteiger partial charge is 0.261 e. The molecule has 6 heteroatoms. The van der Waals surface area contributed by atoms with E-state index in [1.165, 1.54) is 4.90 Å². The van der Waals surface area contributed by atoms with Crippen LogP contribution in [0.2, 0.25) is 0 Å². The van der Waals surface area contributed by atoms with Crippen LogP contribution < -0.4 is 10.1 Å².